The Labute approximate surface area is 182 Å². The highest BCUT2D eigenvalue weighted by molar-refractivity contribution is 6.02. The number of nitrogens with two attached hydrogens (primary N) is 1. The number of nitrogen functional groups attached to an aromatic ring is 1. The summed E-state index contributed by atoms with van der Waals surface area (Å²) in [5, 5.41) is 7.67. The second kappa shape index (κ2) is 7.46. The molecule has 0 spiro atoms. The number of urea groups is 1. The van der Waals surface area contributed by atoms with Crippen molar-refractivity contribution >= 4 is 34.5 Å². The van der Waals surface area contributed by atoms with Gasteiger partial charge in [0.05, 0.1) is 11.1 Å². The molecule has 3 aromatic heterocycles. The maximum atomic E-state index is 14.8. The lowest BCUT2D eigenvalue weighted by atomic mass is 10.1. The number of aromatic nitrogens is 4. The fraction of sp³-hybridized carbons (Fsp3) is 0.200. The maximum absolute atomic E-state index is 14.8. The minimum atomic E-state index is -4.72. The molecule has 2 amide bonds. The van der Waals surface area contributed by atoms with Gasteiger partial charge in [0.2, 0.25) is 5.88 Å². The Hall–Kier alpha value is -4.16. The average Bonchev–Trinajstić information content (AvgIpc) is 3.34. The largest absolute Gasteiger partial charge is 0.436 e. The number of anilines is 3. The Kier molecular flexibility index (Phi) is 4.69. The lowest BCUT2D eigenvalue weighted by molar-refractivity contribution is -0.142. The molecule has 1 saturated carbocycles. The molecule has 4 aromatic rings. The standard InChI is InChI=1S/C20H15F4N7O2/c21-12-5-9(11-7-31(10-2-3-10)18-16(11)17(25)26-8-27-18)1-4-13(12)28-19(32)29-15-6-14(30-33-15)20(22,23)24/h1,4-8,10H,2-3H2,(H2,25,26,27)(H2,28,29,32). The second-order valence-corrected chi connectivity index (χ2v) is 7.49. The number of alkyl halides is 3. The first-order valence-electron chi connectivity index (χ1n) is 9.73. The van der Waals surface area contributed by atoms with Crippen LogP contribution in [0.5, 0.6) is 0 Å². The van der Waals surface area contributed by atoms with Gasteiger partial charge in [0.25, 0.3) is 0 Å². The molecule has 33 heavy (non-hydrogen) atoms. The molecule has 0 bridgehead atoms. The molecule has 5 rings (SSSR count). The molecule has 0 unspecified atom stereocenters. The van der Waals surface area contributed by atoms with Crippen molar-refractivity contribution in [2.45, 2.75) is 25.1 Å². The molecule has 1 aliphatic carbocycles. The molecule has 170 valence electrons. The molecular formula is C20H15F4N7O2. The smallest absolute Gasteiger partial charge is 0.383 e. The SMILES string of the molecule is Nc1ncnc2c1c(-c1ccc(NC(=O)Nc3cc(C(F)(F)F)no3)c(F)c1)cn2C1CC1. The number of benzene rings is 1. The van der Waals surface area contributed by atoms with Crippen molar-refractivity contribution in [1.29, 1.82) is 0 Å². The predicted molar refractivity (Wildman–Crippen MR) is 110 cm³/mol. The summed E-state index contributed by atoms with van der Waals surface area (Å²) in [6.45, 7) is 0. The zero-order valence-corrected chi connectivity index (χ0v) is 16.7. The highest BCUT2D eigenvalue weighted by Gasteiger charge is 2.35. The number of fused-ring (bicyclic) bond motifs is 1. The molecule has 4 N–H and O–H groups in total. The monoisotopic (exact) mass is 461 g/mol. The Morgan fingerprint density at radius 1 is 1.18 bits per heavy atom. The Balaban J connectivity index is 1.38. The number of hydrogen-bond donors (Lipinski definition) is 3. The first-order valence-corrected chi connectivity index (χ1v) is 9.73. The van der Waals surface area contributed by atoms with Gasteiger partial charge in [-0.25, -0.2) is 19.2 Å². The van der Waals surface area contributed by atoms with Crippen LogP contribution in [0.15, 0.2) is 41.3 Å². The van der Waals surface area contributed by atoms with Crippen molar-refractivity contribution in [2.24, 2.45) is 0 Å². The summed E-state index contributed by atoms with van der Waals surface area (Å²) >= 11 is 0. The van der Waals surface area contributed by atoms with Crippen molar-refractivity contribution in [2.75, 3.05) is 16.4 Å². The van der Waals surface area contributed by atoms with Gasteiger partial charge in [-0.3, -0.25) is 5.32 Å². The van der Waals surface area contributed by atoms with Crippen LogP contribution in [0.2, 0.25) is 0 Å². The van der Waals surface area contributed by atoms with Crippen molar-refractivity contribution in [3.05, 3.63) is 48.3 Å². The Morgan fingerprint density at radius 3 is 2.64 bits per heavy atom. The molecule has 0 aliphatic heterocycles. The minimum absolute atomic E-state index is 0.193. The number of carbonyl (C=O) groups is 1. The van der Waals surface area contributed by atoms with Crippen LogP contribution in [0.1, 0.15) is 24.6 Å². The van der Waals surface area contributed by atoms with Crippen molar-refractivity contribution < 1.29 is 26.9 Å². The number of hydrogen-bond acceptors (Lipinski definition) is 6. The summed E-state index contributed by atoms with van der Waals surface area (Å²) in [5.41, 5.74) is 6.36. The highest BCUT2D eigenvalue weighted by Crippen LogP contribution is 2.42. The van der Waals surface area contributed by atoms with Gasteiger partial charge < -0.3 is 20.1 Å². The van der Waals surface area contributed by atoms with Gasteiger partial charge in [0.1, 0.15) is 23.6 Å². The number of carbonyl (C=O) groups excluding carboxylic acids is 1. The Bertz CT molecular complexity index is 1370. The fourth-order valence-corrected chi connectivity index (χ4v) is 3.48. The summed E-state index contributed by atoms with van der Waals surface area (Å²) < 4.78 is 58.9. The number of nitrogens with zero attached hydrogens (tertiary/aromatic N) is 4. The van der Waals surface area contributed by atoms with Crippen LogP contribution in [0, 0.1) is 5.82 Å². The lowest BCUT2D eigenvalue weighted by Gasteiger charge is -2.08. The van der Waals surface area contributed by atoms with E-state index in [9.17, 15) is 22.4 Å². The zero-order valence-electron chi connectivity index (χ0n) is 16.7. The number of nitrogens with one attached hydrogen (secondary N) is 2. The van der Waals surface area contributed by atoms with Gasteiger partial charge in [0.15, 0.2) is 5.69 Å². The molecule has 0 radical (unpaired) electrons. The lowest BCUT2D eigenvalue weighted by Crippen LogP contribution is -2.19. The summed E-state index contributed by atoms with van der Waals surface area (Å²) in [5.74, 6) is -1.04. The fourth-order valence-electron chi connectivity index (χ4n) is 3.48. The predicted octanol–water partition coefficient (Wildman–Crippen LogP) is 4.81. The quantitative estimate of drug-likeness (QED) is 0.375. The summed E-state index contributed by atoms with van der Waals surface area (Å²) in [6.07, 6.45) is 0.520. The van der Waals surface area contributed by atoms with Crippen LogP contribution in [0.25, 0.3) is 22.2 Å². The third-order valence-corrected chi connectivity index (χ3v) is 5.14. The Morgan fingerprint density at radius 2 is 1.97 bits per heavy atom. The molecule has 3 heterocycles. The van der Waals surface area contributed by atoms with Crippen LogP contribution >= 0.6 is 0 Å². The van der Waals surface area contributed by atoms with Crippen LogP contribution in [0.4, 0.5) is 39.7 Å². The number of amides is 2. The van der Waals surface area contributed by atoms with Crippen LogP contribution in [-0.4, -0.2) is 25.7 Å². The maximum Gasteiger partial charge on any atom is 0.436 e. The van der Waals surface area contributed by atoms with E-state index in [1.807, 2.05) is 16.1 Å². The molecule has 13 heteroatoms. The topological polar surface area (TPSA) is 124 Å². The summed E-state index contributed by atoms with van der Waals surface area (Å²) in [4.78, 5) is 20.4. The van der Waals surface area contributed by atoms with E-state index < -0.39 is 29.6 Å². The molecule has 0 saturated heterocycles. The van der Waals surface area contributed by atoms with Gasteiger partial charge in [0, 0.05) is 23.9 Å². The van der Waals surface area contributed by atoms with Crippen LogP contribution < -0.4 is 16.4 Å². The number of halogens is 4. The summed E-state index contributed by atoms with van der Waals surface area (Å²) in [7, 11) is 0. The highest BCUT2D eigenvalue weighted by atomic mass is 19.4. The van der Waals surface area contributed by atoms with Crippen LogP contribution in [0.3, 0.4) is 0 Å². The molecule has 1 fully saturated rings. The minimum Gasteiger partial charge on any atom is -0.383 e. The molecule has 0 atom stereocenters. The van der Waals surface area contributed by atoms with E-state index in [0.29, 0.717) is 34.3 Å². The van der Waals surface area contributed by atoms with E-state index in [1.165, 1.54) is 18.5 Å². The van der Waals surface area contributed by atoms with E-state index in [0.717, 1.165) is 12.8 Å². The summed E-state index contributed by atoms with van der Waals surface area (Å²) in [6, 6.07) is 3.93. The van der Waals surface area contributed by atoms with E-state index in [-0.39, 0.29) is 11.5 Å². The van der Waals surface area contributed by atoms with E-state index in [2.05, 4.69) is 25.0 Å². The van der Waals surface area contributed by atoms with Crippen molar-refractivity contribution in [1.82, 2.24) is 19.7 Å². The third kappa shape index (κ3) is 3.92. The van der Waals surface area contributed by atoms with Gasteiger partial charge in [-0.15, -0.1) is 0 Å². The molecular weight excluding hydrogens is 446 g/mol. The van der Waals surface area contributed by atoms with Gasteiger partial charge in [-0.05, 0) is 30.5 Å². The first kappa shape index (κ1) is 20.7. The van der Waals surface area contributed by atoms with E-state index >= 15 is 0 Å². The van der Waals surface area contributed by atoms with Gasteiger partial charge >= 0.3 is 12.2 Å². The zero-order chi connectivity index (χ0) is 23.3. The third-order valence-electron chi connectivity index (χ3n) is 5.14. The number of rotatable bonds is 4. The van der Waals surface area contributed by atoms with Crippen molar-refractivity contribution in [3.8, 4) is 11.1 Å². The van der Waals surface area contributed by atoms with Crippen LogP contribution in [-0.2, 0) is 6.18 Å². The molecule has 1 aromatic carbocycles. The normalized spacial score (nSPS) is 13.9. The average molecular weight is 461 g/mol. The molecule has 1 aliphatic rings. The van der Waals surface area contributed by atoms with Gasteiger partial charge in [-0.2, -0.15) is 13.2 Å². The van der Waals surface area contributed by atoms with E-state index in [4.69, 9.17) is 5.73 Å². The van der Waals surface area contributed by atoms with Crippen molar-refractivity contribution in [3.63, 3.8) is 0 Å². The first-order chi connectivity index (χ1) is 15.7. The van der Waals surface area contributed by atoms with E-state index in [1.54, 1.807) is 6.07 Å². The molecule has 9 nitrogen and oxygen atoms in total. The van der Waals surface area contributed by atoms with Gasteiger partial charge in [-0.1, -0.05) is 11.2 Å². The second-order valence-electron chi connectivity index (χ2n) is 7.49.